The maximum atomic E-state index is 6.39. The fourth-order valence-corrected chi connectivity index (χ4v) is 3.96. The summed E-state index contributed by atoms with van der Waals surface area (Å²) in [5.74, 6) is 0. The zero-order chi connectivity index (χ0) is 18.1. The lowest BCUT2D eigenvalue weighted by Gasteiger charge is -2.22. The first-order valence-electron chi connectivity index (χ1n) is 8.67. The smallest absolute Gasteiger partial charge is 0.131 e. The van der Waals surface area contributed by atoms with Crippen LogP contribution in [0.4, 0.5) is 0 Å². The van der Waals surface area contributed by atoms with Crippen molar-refractivity contribution in [3.8, 4) is 0 Å². The highest BCUT2D eigenvalue weighted by Gasteiger charge is 2.21. The molecule has 0 aliphatic carbocycles. The molecule has 0 bridgehead atoms. The minimum atomic E-state index is 0.747. The number of aryl methyl sites for hydroxylation is 4. The van der Waals surface area contributed by atoms with Gasteiger partial charge in [-0.2, -0.15) is 10.2 Å². The van der Waals surface area contributed by atoms with Crippen molar-refractivity contribution in [1.29, 1.82) is 0 Å². The molecule has 0 saturated carbocycles. The largest absolute Gasteiger partial charge is 0.298 e. The summed E-state index contributed by atoms with van der Waals surface area (Å²) in [5, 5.41) is 10.3. The zero-order valence-electron chi connectivity index (χ0n) is 15.4. The Labute approximate surface area is 159 Å². The lowest BCUT2D eigenvalue weighted by Crippen LogP contribution is -2.30. The topological polar surface area (TPSA) is 42.1 Å². The molecule has 0 radical (unpaired) electrons. The molecule has 0 aromatic carbocycles. The van der Waals surface area contributed by atoms with E-state index in [0.29, 0.717) is 0 Å². The van der Waals surface area contributed by atoms with Crippen molar-refractivity contribution >= 4 is 23.2 Å². The Hall–Kier alpha value is -1.08. The molecule has 0 atom stereocenters. The van der Waals surface area contributed by atoms with Crippen LogP contribution in [-0.2, 0) is 27.2 Å². The lowest BCUT2D eigenvalue weighted by molar-refractivity contribution is 0.246. The van der Waals surface area contributed by atoms with Gasteiger partial charge >= 0.3 is 0 Å². The van der Waals surface area contributed by atoms with Gasteiger partial charge in [0.2, 0.25) is 0 Å². The van der Waals surface area contributed by atoms with Crippen LogP contribution in [0.1, 0.15) is 28.9 Å². The maximum Gasteiger partial charge on any atom is 0.131 e. The predicted molar refractivity (Wildman–Crippen MR) is 101 cm³/mol. The van der Waals surface area contributed by atoms with Gasteiger partial charge in [0, 0.05) is 51.4 Å². The molecule has 2 aromatic heterocycles. The number of hydrogen-bond acceptors (Lipinski definition) is 4. The predicted octanol–water partition coefficient (Wildman–Crippen LogP) is 2.79. The van der Waals surface area contributed by atoms with Crippen LogP contribution in [0.3, 0.4) is 0 Å². The molecule has 1 aliphatic rings. The summed E-state index contributed by atoms with van der Waals surface area (Å²) in [4.78, 5) is 4.93. The van der Waals surface area contributed by atoms with Crippen molar-refractivity contribution in [1.82, 2.24) is 29.4 Å². The first-order valence-corrected chi connectivity index (χ1v) is 9.43. The third-order valence-corrected chi connectivity index (χ3v) is 5.93. The van der Waals surface area contributed by atoms with Crippen molar-refractivity contribution in [2.24, 2.45) is 14.1 Å². The van der Waals surface area contributed by atoms with Gasteiger partial charge < -0.3 is 0 Å². The number of halogens is 2. The summed E-state index contributed by atoms with van der Waals surface area (Å²) in [5.41, 5.74) is 4.32. The number of hydrogen-bond donors (Lipinski definition) is 0. The molecule has 1 aliphatic heterocycles. The highest BCUT2D eigenvalue weighted by molar-refractivity contribution is 6.30. The second kappa shape index (κ2) is 7.66. The Morgan fingerprint density at radius 1 is 0.760 bits per heavy atom. The second-order valence-electron chi connectivity index (χ2n) is 6.86. The Morgan fingerprint density at radius 2 is 1.16 bits per heavy atom. The van der Waals surface area contributed by atoms with Gasteiger partial charge in [0.15, 0.2) is 0 Å². The van der Waals surface area contributed by atoms with Crippen molar-refractivity contribution in [2.75, 3.05) is 26.2 Å². The Morgan fingerprint density at radius 3 is 1.48 bits per heavy atom. The van der Waals surface area contributed by atoms with E-state index < -0.39 is 0 Å². The fourth-order valence-electron chi connectivity index (χ4n) is 3.49. The van der Waals surface area contributed by atoms with Crippen molar-refractivity contribution in [2.45, 2.75) is 33.4 Å². The van der Waals surface area contributed by atoms with Crippen LogP contribution in [0.2, 0.25) is 10.3 Å². The molecular weight excluding hydrogens is 359 g/mol. The molecule has 0 unspecified atom stereocenters. The molecule has 6 nitrogen and oxygen atoms in total. The van der Waals surface area contributed by atoms with Crippen molar-refractivity contribution < 1.29 is 0 Å². The van der Waals surface area contributed by atoms with E-state index >= 15 is 0 Å². The quantitative estimate of drug-likeness (QED) is 0.812. The maximum absolute atomic E-state index is 6.39. The molecular formula is C17H26Cl2N6. The van der Waals surface area contributed by atoms with Gasteiger partial charge in [-0.1, -0.05) is 23.2 Å². The third-order valence-electron chi connectivity index (χ3n) is 4.98. The zero-order valence-corrected chi connectivity index (χ0v) is 16.9. The highest BCUT2D eigenvalue weighted by Crippen LogP contribution is 2.23. The van der Waals surface area contributed by atoms with Crippen LogP contribution >= 0.6 is 23.2 Å². The van der Waals surface area contributed by atoms with Crippen LogP contribution in [0.25, 0.3) is 0 Å². The first-order chi connectivity index (χ1) is 11.9. The molecule has 1 saturated heterocycles. The van der Waals surface area contributed by atoms with Crippen molar-refractivity contribution in [3.63, 3.8) is 0 Å². The van der Waals surface area contributed by atoms with E-state index in [1.54, 1.807) is 9.36 Å². The Kier molecular flexibility index (Phi) is 5.73. The second-order valence-corrected chi connectivity index (χ2v) is 7.58. The molecule has 25 heavy (non-hydrogen) atoms. The van der Waals surface area contributed by atoms with E-state index in [4.69, 9.17) is 23.2 Å². The summed E-state index contributed by atoms with van der Waals surface area (Å²) in [6.07, 6.45) is 1.13. The average Bonchev–Trinajstić information content (AvgIpc) is 2.84. The van der Waals surface area contributed by atoms with E-state index in [9.17, 15) is 0 Å². The molecule has 138 valence electrons. The minimum absolute atomic E-state index is 0.747. The van der Waals surface area contributed by atoms with Crippen molar-refractivity contribution in [3.05, 3.63) is 32.8 Å². The highest BCUT2D eigenvalue weighted by atomic mass is 35.5. The normalized spacial score (nSPS) is 17.2. The minimum Gasteiger partial charge on any atom is -0.298 e. The molecule has 0 N–H and O–H groups in total. The molecule has 0 spiro atoms. The molecule has 3 rings (SSSR count). The van der Waals surface area contributed by atoms with E-state index in [1.165, 1.54) is 0 Å². The lowest BCUT2D eigenvalue weighted by atomic mass is 10.2. The van der Waals surface area contributed by atoms with Crippen LogP contribution in [0.15, 0.2) is 0 Å². The van der Waals surface area contributed by atoms with E-state index in [0.717, 1.165) is 78.5 Å². The van der Waals surface area contributed by atoms with Gasteiger partial charge in [0.05, 0.1) is 11.4 Å². The van der Waals surface area contributed by atoms with Gasteiger partial charge in [-0.05, 0) is 33.4 Å². The van der Waals surface area contributed by atoms with E-state index in [-0.39, 0.29) is 0 Å². The number of aromatic nitrogens is 4. The monoisotopic (exact) mass is 384 g/mol. The Balaban J connectivity index is 1.62. The SMILES string of the molecule is Cc1nn(C)c(Cl)c1CN1CCCN(Cc2c(C)nn(C)c2Cl)CC1. The standard InChI is InChI=1S/C17H26Cl2N6/c1-12-14(16(18)22(3)20-12)10-24-6-5-7-25(9-8-24)11-15-13(2)21-23(4)17(15)19/h5-11H2,1-4H3. The summed E-state index contributed by atoms with van der Waals surface area (Å²) < 4.78 is 3.51. The van der Waals surface area contributed by atoms with Gasteiger partial charge in [-0.15, -0.1) is 0 Å². The van der Waals surface area contributed by atoms with Crippen LogP contribution in [-0.4, -0.2) is 55.5 Å². The molecule has 0 amide bonds. The molecule has 2 aromatic rings. The van der Waals surface area contributed by atoms with Gasteiger partial charge in [0.25, 0.3) is 0 Å². The van der Waals surface area contributed by atoms with E-state index in [1.807, 2.05) is 27.9 Å². The van der Waals surface area contributed by atoms with E-state index in [2.05, 4.69) is 20.0 Å². The summed E-state index contributed by atoms with van der Waals surface area (Å²) in [7, 11) is 3.78. The summed E-state index contributed by atoms with van der Waals surface area (Å²) in [6.45, 7) is 9.94. The fraction of sp³-hybridized carbons (Fsp3) is 0.647. The van der Waals surface area contributed by atoms with Crippen LogP contribution in [0.5, 0.6) is 0 Å². The number of rotatable bonds is 4. The average molecular weight is 385 g/mol. The third kappa shape index (κ3) is 4.03. The number of nitrogens with zero attached hydrogens (tertiary/aromatic N) is 6. The molecule has 8 heteroatoms. The van der Waals surface area contributed by atoms with Gasteiger partial charge in [-0.25, -0.2) is 0 Å². The van der Waals surface area contributed by atoms with Gasteiger partial charge in [0.1, 0.15) is 10.3 Å². The Bertz CT molecular complexity index is 689. The first kappa shape index (κ1) is 18.7. The van der Waals surface area contributed by atoms with Crippen LogP contribution < -0.4 is 0 Å². The molecule has 1 fully saturated rings. The van der Waals surface area contributed by atoms with Crippen LogP contribution in [0, 0.1) is 13.8 Å². The molecule has 3 heterocycles. The van der Waals surface area contributed by atoms with Gasteiger partial charge in [-0.3, -0.25) is 19.2 Å². The summed E-state index contributed by atoms with van der Waals surface area (Å²) in [6, 6.07) is 0. The summed E-state index contributed by atoms with van der Waals surface area (Å²) >= 11 is 12.8.